The van der Waals surface area contributed by atoms with Gasteiger partial charge in [-0.1, -0.05) is 12.7 Å². The van der Waals surface area contributed by atoms with Gasteiger partial charge in [-0.05, 0) is 31.6 Å². The molecule has 6 nitrogen and oxygen atoms in total. The van der Waals surface area contributed by atoms with Gasteiger partial charge in [-0.15, -0.1) is 0 Å². The lowest BCUT2D eigenvalue weighted by Gasteiger charge is -2.28. The van der Waals surface area contributed by atoms with Crippen molar-refractivity contribution in [3.63, 3.8) is 0 Å². The highest BCUT2D eigenvalue weighted by Crippen LogP contribution is 2.25. The molecule has 19 heavy (non-hydrogen) atoms. The van der Waals surface area contributed by atoms with Gasteiger partial charge in [0, 0.05) is 13.6 Å². The third kappa shape index (κ3) is 6.13. The molecule has 0 bridgehead atoms. The van der Waals surface area contributed by atoms with E-state index in [4.69, 9.17) is 9.47 Å². The lowest BCUT2D eigenvalue weighted by atomic mass is 9.87. The van der Waals surface area contributed by atoms with Crippen molar-refractivity contribution >= 4 is 12.2 Å². The molecule has 2 amide bonds. The lowest BCUT2D eigenvalue weighted by Crippen LogP contribution is -2.34. The summed E-state index contributed by atoms with van der Waals surface area (Å²) >= 11 is 0. The van der Waals surface area contributed by atoms with E-state index in [1.165, 1.54) is 6.08 Å². The Morgan fingerprint density at radius 1 is 1.26 bits per heavy atom. The molecule has 0 radical (unpaired) electrons. The standard InChI is InChI=1S/C13H22N2O4/c1-3-8-18-13(17)15-9-10-4-6-11(7-5-10)19-12(16)14-2/h3,10-11H,1,4-9H2,2H3,(H,14,16)(H,15,17). The zero-order valence-electron chi connectivity index (χ0n) is 11.3. The maximum Gasteiger partial charge on any atom is 0.407 e. The van der Waals surface area contributed by atoms with Crippen molar-refractivity contribution < 1.29 is 19.1 Å². The molecule has 0 aromatic carbocycles. The molecule has 0 heterocycles. The molecule has 1 saturated carbocycles. The fraction of sp³-hybridized carbons (Fsp3) is 0.692. The van der Waals surface area contributed by atoms with Crippen LogP contribution in [-0.2, 0) is 9.47 Å². The van der Waals surface area contributed by atoms with E-state index in [0.717, 1.165) is 25.7 Å². The smallest absolute Gasteiger partial charge is 0.407 e. The number of carbonyl (C=O) groups excluding carboxylic acids is 2. The van der Waals surface area contributed by atoms with Crippen molar-refractivity contribution in [2.24, 2.45) is 5.92 Å². The summed E-state index contributed by atoms with van der Waals surface area (Å²) in [5.74, 6) is 0.417. The highest BCUT2D eigenvalue weighted by Gasteiger charge is 2.23. The average Bonchev–Trinajstić information content (AvgIpc) is 2.44. The van der Waals surface area contributed by atoms with E-state index < -0.39 is 6.09 Å². The van der Waals surface area contributed by atoms with Crippen molar-refractivity contribution in [3.05, 3.63) is 12.7 Å². The molecule has 0 saturated heterocycles. The highest BCUT2D eigenvalue weighted by atomic mass is 16.6. The maximum atomic E-state index is 11.2. The van der Waals surface area contributed by atoms with Crippen LogP contribution < -0.4 is 10.6 Å². The second-order valence-electron chi connectivity index (χ2n) is 4.57. The van der Waals surface area contributed by atoms with E-state index >= 15 is 0 Å². The Labute approximate surface area is 113 Å². The van der Waals surface area contributed by atoms with Crippen LogP contribution in [0.25, 0.3) is 0 Å². The topological polar surface area (TPSA) is 76.7 Å². The van der Waals surface area contributed by atoms with Crippen LogP contribution in [0.1, 0.15) is 25.7 Å². The molecule has 0 unspecified atom stereocenters. The summed E-state index contributed by atoms with van der Waals surface area (Å²) in [7, 11) is 1.55. The third-order valence-corrected chi connectivity index (χ3v) is 3.14. The molecule has 1 rings (SSSR count). The first-order chi connectivity index (χ1) is 9.15. The molecule has 108 valence electrons. The Morgan fingerprint density at radius 3 is 2.53 bits per heavy atom. The number of hydrogen-bond donors (Lipinski definition) is 2. The first kappa shape index (κ1) is 15.3. The predicted molar refractivity (Wildman–Crippen MR) is 70.8 cm³/mol. The molecule has 0 aliphatic heterocycles. The summed E-state index contributed by atoms with van der Waals surface area (Å²) in [5.41, 5.74) is 0. The number of hydrogen-bond acceptors (Lipinski definition) is 4. The Bertz CT molecular complexity index is 312. The zero-order valence-corrected chi connectivity index (χ0v) is 11.3. The van der Waals surface area contributed by atoms with Crippen LogP contribution in [0.2, 0.25) is 0 Å². The maximum absolute atomic E-state index is 11.2. The molecule has 0 aromatic rings. The normalized spacial score (nSPS) is 22.2. The first-order valence-electron chi connectivity index (χ1n) is 6.55. The molecule has 2 N–H and O–H groups in total. The minimum atomic E-state index is -0.413. The van der Waals surface area contributed by atoms with Crippen LogP contribution in [0, 0.1) is 5.92 Å². The van der Waals surface area contributed by atoms with Gasteiger partial charge in [-0.25, -0.2) is 9.59 Å². The van der Waals surface area contributed by atoms with Crippen molar-refractivity contribution in [3.8, 4) is 0 Å². The lowest BCUT2D eigenvalue weighted by molar-refractivity contribution is 0.0655. The van der Waals surface area contributed by atoms with Gasteiger partial charge in [-0.3, -0.25) is 0 Å². The van der Waals surface area contributed by atoms with Gasteiger partial charge < -0.3 is 20.1 Å². The van der Waals surface area contributed by atoms with E-state index in [2.05, 4.69) is 17.2 Å². The van der Waals surface area contributed by atoms with Gasteiger partial charge in [0.15, 0.2) is 0 Å². The van der Waals surface area contributed by atoms with E-state index in [0.29, 0.717) is 12.5 Å². The van der Waals surface area contributed by atoms with Gasteiger partial charge in [0.2, 0.25) is 0 Å². The summed E-state index contributed by atoms with van der Waals surface area (Å²) in [5, 5.41) is 5.17. The van der Waals surface area contributed by atoms with Crippen LogP contribution in [0.5, 0.6) is 0 Å². The predicted octanol–water partition coefficient (Wildman–Crippen LogP) is 1.81. The van der Waals surface area contributed by atoms with Crippen LogP contribution in [0.4, 0.5) is 9.59 Å². The molecule has 6 heteroatoms. The number of rotatable bonds is 5. The Balaban J connectivity index is 2.14. The van der Waals surface area contributed by atoms with Crippen LogP contribution in [0.3, 0.4) is 0 Å². The average molecular weight is 270 g/mol. The second-order valence-corrected chi connectivity index (χ2v) is 4.57. The van der Waals surface area contributed by atoms with Gasteiger partial charge in [0.25, 0.3) is 0 Å². The second kappa shape index (κ2) is 8.39. The number of alkyl carbamates (subject to hydrolysis) is 2. The van der Waals surface area contributed by atoms with Crippen LogP contribution in [-0.4, -0.2) is 38.5 Å². The fourth-order valence-electron chi connectivity index (χ4n) is 2.08. The Hall–Kier alpha value is -1.72. The van der Waals surface area contributed by atoms with Gasteiger partial charge in [0.05, 0.1) is 0 Å². The van der Waals surface area contributed by atoms with Gasteiger partial charge in [-0.2, -0.15) is 0 Å². The Kier molecular flexibility index (Phi) is 6.78. The van der Waals surface area contributed by atoms with Crippen LogP contribution in [0.15, 0.2) is 12.7 Å². The summed E-state index contributed by atoms with van der Waals surface area (Å²) < 4.78 is 10.0. The number of nitrogens with one attached hydrogen (secondary N) is 2. The largest absolute Gasteiger partial charge is 0.446 e. The minimum Gasteiger partial charge on any atom is -0.446 e. The van der Waals surface area contributed by atoms with Crippen molar-refractivity contribution in [1.82, 2.24) is 10.6 Å². The monoisotopic (exact) mass is 270 g/mol. The molecule has 1 fully saturated rings. The number of carbonyl (C=O) groups is 2. The quantitative estimate of drug-likeness (QED) is 0.747. The number of ether oxygens (including phenoxy) is 2. The number of amides is 2. The SMILES string of the molecule is C=CCOC(=O)NCC1CCC(OC(=O)NC)CC1. The third-order valence-electron chi connectivity index (χ3n) is 3.14. The van der Waals surface area contributed by atoms with Crippen LogP contribution >= 0.6 is 0 Å². The summed E-state index contributed by atoms with van der Waals surface area (Å²) in [6.07, 6.45) is 4.26. The fourth-order valence-corrected chi connectivity index (χ4v) is 2.08. The van der Waals surface area contributed by atoms with Gasteiger partial charge >= 0.3 is 12.2 Å². The van der Waals surface area contributed by atoms with Crippen molar-refractivity contribution in [1.29, 1.82) is 0 Å². The summed E-state index contributed by atoms with van der Waals surface area (Å²) in [6, 6.07) is 0. The summed E-state index contributed by atoms with van der Waals surface area (Å²) in [4.78, 5) is 22.3. The van der Waals surface area contributed by atoms with E-state index in [1.807, 2.05) is 0 Å². The minimum absolute atomic E-state index is 0.0103. The first-order valence-corrected chi connectivity index (χ1v) is 6.55. The van der Waals surface area contributed by atoms with E-state index in [-0.39, 0.29) is 18.8 Å². The molecular formula is C13H22N2O4. The molecule has 0 aromatic heterocycles. The zero-order chi connectivity index (χ0) is 14.1. The van der Waals surface area contributed by atoms with Crippen molar-refractivity contribution in [2.45, 2.75) is 31.8 Å². The Morgan fingerprint density at radius 2 is 1.95 bits per heavy atom. The van der Waals surface area contributed by atoms with Crippen molar-refractivity contribution in [2.75, 3.05) is 20.2 Å². The molecule has 1 aliphatic rings. The van der Waals surface area contributed by atoms with Gasteiger partial charge in [0.1, 0.15) is 12.7 Å². The molecule has 0 spiro atoms. The molecular weight excluding hydrogens is 248 g/mol. The van der Waals surface area contributed by atoms with E-state index in [9.17, 15) is 9.59 Å². The molecule has 1 aliphatic carbocycles. The molecule has 0 atom stereocenters. The van der Waals surface area contributed by atoms with E-state index in [1.54, 1.807) is 7.05 Å². The highest BCUT2D eigenvalue weighted by molar-refractivity contribution is 5.67. The summed E-state index contributed by atoms with van der Waals surface area (Å²) in [6.45, 7) is 4.29.